The van der Waals surface area contributed by atoms with Crippen LogP contribution in [-0.4, -0.2) is 64.3 Å². The summed E-state index contributed by atoms with van der Waals surface area (Å²) in [6.07, 6.45) is -1.03. The fourth-order valence-corrected chi connectivity index (χ4v) is 3.06. The second-order valence-corrected chi connectivity index (χ2v) is 6.41. The zero-order valence-corrected chi connectivity index (χ0v) is 14.6. The third kappa shape index (κ3) is 3.62. The van der Waals surface area contributed by atoms with E-state index in [1.54, 1.807) is 0 Å². The van der Waals surface area contributed by atoms with Gasteiger partial charge in [-0.1, -0.05) is 11.6 Å². The fraction of sp³-hybridized carbons (Fsp3) is 0.429. The van der Waals surface area contributed by atoms with E-state index in [1.165, 1.54) is 4.90 Å². The zero-order chi connectivity index (χ0) is 18.0. The SMILES string of the molecule is O=C(O)N1CCN(C(=O)c2cc(F)c(Br)c(Cl)c2F)[C@@H](CCO)C1. The van der Waals surface area contributed by atoms with Gasteiger partial charge >= 0.3 is 6.09 Å². The number of hydrogen-bond donors (Lipinski definition) is 2. The Bertz CT molecular complexity index is 677. The molecule has 0 unspecified atom stereocenters. The maximum Gasteiger partial charge on any atom is 0.407 e. The van der Waals surface area contributed by atoms with Crippen molar-refractivity contribution in [2.45, 2.75) is 12.5 Å². The Kier molecular flexibility index (Phi) is 6.00. The Hall–Kier alpha value is -1.45. The highest BCUT2D eigenvalue weighted by Gasteiger charge is 2.34. The molecule has 24 heavy (non-hydrogen) atoms. The third-order valence-electron chi connectivity index (χ3n) is 3.81. The summed E-state index contributed by atoms with van der Waals surface area (Å²) in [5.41, 5.74) is -0.535. The van der Waals surface area contributed by atoms with Crippen molar-refractivity contribution in [3.63, 3.8) is 0 Å². The number of hydrogen-bond acceptors (Lipinski definition) is 3. The molecular weight excluding hydrogens is 414 g/mol. The van der Waals surface area contributed by atoms with Gasteiger partial charge in [-0.3, -0.25) is 4.79 Å². The van der Waals surface area contributed by atoms with Gasteiger partial charge in [0.25, 0.3) is 5.91 Å². The number of carboxylic acid groups (broad SMARTS) is 1. The van der Waals surface area contributed by atoms with Gasteiger partial charge in [-0.25, -0.2) is 13.6 Å². The monoisotopic (exact) mass is 426 g/mol. The van der Waals surface area contributed by atoms with Crippen LogP contribution < -0.4 is 0 Å². The summed E-state index contributed by atoms with van der Waals surface area (Å²) in [7, 11) is 0. The zero-order valence-electron chi connectivity index (χ0n) is 12.3. The molecule has 0 radical (unpaired) electrons. The number of amides is 2. The molecule has 0 spiro atoms. The molecule has 2 rings (SSSR count). The molecule has 0 aliphatic carbocycles. The van der Waals surface area contributed by atoms with Crippen LogP contribution in [-0.2, 0) is 0 Å². The van der Waals surface area contributed by atoms with E-state index in [4.69, 9.17) is 21.8 Å². The van der Waals surface area contributed by atoms with Crippen LogP contribution in [0.5, 0.6) is 0 Å². The quantitative estimate of drug-likeness (QED) is 0.574. The van der Waals surface area contributed by atoms with Crippen molar-refractivity contribution in [1.29, 1.82) is 0 Å². The van der Waals surface area contributed by atoms with Crippen molar-refractivity contribution in [2.24, 2.45) is 0 Å². The topological polar surface area (TPSA) is 81.1 Å². The van der Waals surface area contributed by atoms with Crippen molar-refractivity contribution in [1.82, 2.24) is 9.80 Å². The van der Waals surface area contributed by atoms with Crippen molar-refractivity contribution in [3.8, 4) is 0 Å². The lowest BCUT2D eigenvalue weighted by atomic mass is 10.1. The number of aliphatic hydroxyl groups excluding tert-OH is 1. The summed E-state index contributed by atoms with van der Waals surface area (Å²) >= 11 is 8.47. The molecule has 6 nitrogen and oxygen atoms in total. The van der Waals surface area contributed by atoms with Crippen LogP contribution in [0.1, 0.15) is 16.8 Å². The average molecular weight is 428 g/mol. The molecule has 0 saturated carbocycles. The van der Waals surface area contributed by atoms with E-state index in [2.05, 4.69) is 15.9 Å². The number of nitrogens with zero attached hydrogens (tertiary/aromatic N) is 2. The summed E-state index contributed by atoms with van der Waals surface area (Å²) < 4.78 is 27.7. The van der Waals surface area contributed by atoms with E-state index < -0.39 is 40.3 Å². The lowest BCUT2D eigenvalue weighted by Crippen LogP contribution is -2.56. The standard InChI is InChI=1S/C14H14BrClF2N2O4/c15-10-9(17)5-8(12(18)11(10)16)13(22)20-3-2-19(14(23)24)6-7(20)1-4-21/h5,7,21H,1-4,6H2,(H,23,24)/t7-/m0/s1. The largest absolute Gasteiger partial charge is 0.465 e. The molecule has 1 aromatic rings. The second-order valence-electron chi connectivity index (χ2n) is 5.24. The Balaban J connectivity index is 2.33. The van der Waals surface area contributed by atoms with Gasteiger partial charge < -0.3 is 20.0 Å². The molecule has 1 saturated heterocycles. The lowest BCUT2D eigenvalue weighted by Gasteiger charge is -2.40. The molecule has 1 fully saturated rings. The number of halogens is 4. The maximum absolute atomic E-state index is 14.2. The van der Waals surface area contributed by atoms with Crippen LogP contribution in [0.2, 0.25) is 5.02 Å². The van der Waals surface area contributed by atoms with Gasteiger partial charge in [-0.2, -0.15) is 0 Å². The number of rotatable bonds is 3. The number of benzene rings is 1. The molecule has 1 aliphatic rings. The van der Waals surface area contributed by atoms with E-state index in [9.17, 15) is 18.4 Å². The molecule has 132 valence electrons. The van der Waals surface area contributed by atoms with Gasteiger partial charge in [0, 0.05) is 26.2 Å². The van der Waals surface area contributed by atoms with Crippen LogP contribution in [0.4, 0.5) is 13.6 Å². The highest BCUT2D eigenvalue weighted by Crippen LogP contribution is 2.31. The minimum absolute atomic E-state index is 0.00451. The minimum atomic E-state index is -1.14. The molecule has 1 heterocycles. The number of piperazine rings is 1. The first kappa shape index (κ1) is 18.9. The van der Waals surface area contributed by atoms with E-state index in [0.29, 0.717) is 0 Å². The van der Waals surface area contributed by atoms with Crippen molar-refractivity contribution in [2.75, 3.05) is 26.2 Å². The van der Waals surface area contributed by atoms with Gasteiger partial charge in [0.15, 0.2) is 5.82 Å². The summed E-state index contributed by atoms with van der Waals surface area (Å²) in [4.78, 5) is 26.0. The van der Waals surface area contributed by atoms with Crippen LogP contribution in [0, 0.1) is 11.6 Å². The lowest BCUT2D eigenvalue weighted by molar-refractivity contribution is 0.0393. The summed E-state index contributed by atoms with van der Waals surface area (Å²) in [6, 6.07) is 0.102. The molecule has 2 N–H and O–H groups in total. The maximum atomic E-state index is 14.2. The molecular formula is C14H14BrClF2N2O4. The first-order chi connectivity index (χ1) is 11.3. The number of aliphatic hydroxyl groups is 1. The van der Waals surface area contributed by atoms with Gasteiger partial charge in [0.05, 0.1) is 21.1 Å². The van der Waals surface area contributed by atoms with Crippen molar-refractivity contribution in [3.05, 3.63) is 32.8 Å². The Morgan fingerprint density at radius 1 is 1.38 bits per heavy atom. The summed E-state index contributed by atoms with van der Waals surface area (Å²) in [6.45, 7) is -0.252. The summed E-state index contributed by atoms with van der Waals surface area (Å²) in [5, 5.41) is 17.6. The van der Waals surface area contributed by atoms with Crippen LogP contribution in [0.3, 0.4) is 0 Å². The molecule has 2 amide bonds. The van der Waals surface area contributed by atoms with Gasteiger partial charge in [-0.15, -0.1) is 0 Å². The first-order valence-electron chi connectivity index (χ1n) is 7.00. The Morgan fingerprint density at radius 2 is 2.04 bits per heavy atom. The molecule has 0 bridgehead atoms. The van der Waals surface area contributed by atoms with E-state index >= 15 is 0 Å². The molecule has 1 aliphatic heterocycles. The Morgan fingerprint density at radius 3 is 2.62 bits per heavy atom. The molecule has 1 atom stereocenters. The smallest absolute Gasteiger partial charge is 0.407 e. The Labute approximate surface area is 149 Å². The van der Waals surface area contributed by atoms with Gasteiger partial charge in [0.1, 0.15) is 5.82 Å². The predicted octanol–water partition coefficient (Wildman–Crippen LogP) is 2.57. The number of carbonyl (C=O) groups excluding carboxylic acids is 1. The van der Waals surface area contributed by atoms with E-state index in [1.807, 2.05) is 0 Å². The van der Waals surface area contributed by atoms with Gasteiger partial charge in [0.2, 0.25) is 0 Å². The van der Waals surface area contributed by atoms with Gasteiger partial charge in [-0.05, 0) is 28.4 Å². The van der Waals surface area contributed by atoms with Crippen molar-refractivity contribution >= 4 is 39.5 Å². The number of carbonyl (C=O) groups is 2. The highest BCUT2D eigenvalue weighted by atomic mass is 79.9. The first-order valence-corrected chi connectivity index (χ1v) is 8.17. The van der Waals surface area contributed by atoms with Crippen LogP contribution in [0.15, 0.2) is 10.5 Å². The third-order valence-corrected chi connectivity index (χ3v) is 5.17. The van der Waals surface area contributed by atoms with E-state index in [-0.39, 0.29) is 37.1 Å². The summed E-state index contributed by atoms with van der Waals surface area (Å²) in [5.74, 6) is -2.74. The highest BCUT2D eigenvalue weighted by molar-refractivity contribution is 9.10. The van der Waals surface area contributed by atoms with Crippen molar-refractivity contribution < 1.29 is 28.6 Å². The predicted molar refractivity (Wildman–Crippen MR) is 85.2 cm³/mol. The second kappa shape index (κ2) is 7.62. The molecule has 0 aromatic heterocycles. The molecule has 10 heteroatoms. The van der Waals surface area contributed by atoms with Crippen LogP contribution >= 0.6 is 27.5 Å². The van der Waals surface area contributed by atoms with Crippen LogP contribution in [0.25, 0.3) is 0 Å². The van der Waals surface area contributed by atoms with E-state index in [0.717, 1.165) is 11.0 Å². The minimum Gasteiger partial charge on any atom is -0.465 e. The average Bonchev–Trinajstić information content (AvgIpc) is 2.55. The normalized spacial score (nSPS) is 18.0. The fourth-order valence-electron chi connectivity index (χ4n) is 2.58. The molecule has 1 aromatic carbocycles.